The van der Waals surface area contributed by atoms with Crippen LogP contribution in [0.5, 0.6) is 5.75 Å². The van der Waals surface area contributed by atoms with Crippen LogP contribution >= 0.6 is 23.2 Å². The molecule has 166 valence electrons. The average molecular weight is 470 g/mol. The van der Waals surface area contributed by atoms with E-state index in [1.165, 1.54) is 0 Å². The molecule has 2 aromatic carbocycles. The fourth-order valence-corrected chi connectivity index (χ4v) is 6.75. The van der Waals surface area contributed by atoms with E-state index in [4.69, 9.17) is 32.7 Å². The van der Waals surface area contributed by atoms with E-state index < -0.39 is 12.1 Å². The molecule has 4 rings (SSSR count). The van der Waals surface area contributed by atoms with Gasteiger partial charge in [0, 0.05) is 28.5 Å². The predicted molar refractivity (Wildman–Crippen MR) is 128 cm³/mol. The summed E-state index contributed by atoms with van der Waals surface area (Å²) in [5.41, 5.74) is 1.50. The van der Waals surface area contributed by atoms with Gasteiger partial charge in [-0.15, -0.1) is 0 Å². The lowest BCUT2D eigenvalue weighted by Crippen LogP contribution is -2.46. The van der Waals surface area contributed by atoms with Crippen molar-refractivity contribution in [2.45, 2.75) is 37.4 Å². The number of nitrogens with zero attached hydrogens (tertiary/aromatic N) is 1. The highest BCUT2D eigenvalue weighted by molar-refractivity contribution is 6.98. The molecule has 32 heavy (non-hydrogen) atoms. The van der Waals surface area contributed by atoms with Crippen LogP contribution in [-0.2, 0) is 9.53 Å². The Morgan fingerprint density at radius 1 is 1.19 bits per heavy atom. The molecule has 0 spiro atoms. The lowest BCUT2D eigenvalue weighted by molar-refractivity contribution is -0.129. The summed E-state index contributed by atoms with van der Waals surface area (Å²) >= 11 is 12.9. The first kappa shape index (κ1) is 23.2. The van der Waals surface area contributed by atoms with Crippen molar-refractivity contribution < 1.29 is 14.3 Å². The van der Waals surface area contributed by atoms with Gasteiger partial charge in [-0.05, 0) is 71.8 Å². The molecule has 0 bridgehead atoms. The number of hydrogen-bond donors (Lipinski definition) is 0. The molecule has 0 radical (unpaired) electrons. The third-order valence-electron chi connectivity index (χ3n) is 7.63. The summed E-state index contributed by atoms with van der Waals surface area (Å²) < 4.78 is 10.9. The second-order valence-electron chi connectivity index (χ2n) is 9.06. The van der Waals surface area contributed by atoms with Gasteiger partial charge >= 0.3 is 6.71 Å². The van der Waals surface area contributed by atoms with Crippen LogP contribution in [0.4, 0.5) is 0 Å². The topological polar surface area (TPSA) is 59.3 Å². The number of methoxy groups -OCH3 is 2. The molecule has 0 amide bonds. The molecule has 5 atom stereocenters. The summed E-state index contributed by atoms with van der Waals surface area (Å²) in [7, 11) is 3.25. The number of ether oxygens (including phenoxy) is 2. The van der Waals surface area contributed by atoms with E-state index >= 15 is 0 Å². The van der Waals surface area contributed by atoms with Crippen molar-refractivity contribution in [1.29, 1.82) is 5.26 Å². The molecule has 4 nitrogen and oxygen atoms in total. The van der Waals surface area contributed by atoms with Crippen LogP contribution < -0.4 is 4.74 Å². The van der Waals surface area contributed by atoms with E-state index in [9.17, 15) is 10.1 Å². The zero-order valence-corrected chi connectivity index (χ0v) is 20.0. The van der Waals surface area contributed by atoms with E-state index in [0.717, 1.165) is 17.5 Å². The zero-order valence-electron chi connectivity index (χ0n) is 18.5. The molecule has 1 aliphatic heterocycles. The van der Waals surface area contributed by atoms with Crippen LogP contribution in [0.1, 0.15) is 42.7 Å². The number of nitriles is 1. The van der Waals surface area contributed by atoms with Crippen LogP contribution in [0.15, 0.2) is 42.5 Å². The number of benzene rings is 2. The Morgan fingerprint density at radius 2 is 1.91 bits per heavy atom. The molecule has 1 saturated carbocycles. The standard InChI is InChI=1S/C25H26BCl2NO3/c1-15-23-22(16-4-6-17(27)7-5-16)20(19-9-8-18(32-3)12-21(19)28)10-11-25(23,13-31-2)24(30)26(15)14-29/h4-9,12,15,20,22-23H,10-11,13H2,1-3H3. The molecule has 7 heteroatoms. The third-order valence-corrected chi connectivity index (χ3v) is 8.21. The molecule has 2 fully saturated rings. The highest BCUT2D eigenvalue weighted by Gasteiger charge is 2.65. The van der Waals surface area contributed by atoms with E-state index in [2.05, 4.69) is 5.97 Å². The quantitative estimate of drug-likeness (QED) is 0.505. The second-order valence-corrected chi connectivity index (χ2v) is 9.90. The van der Waals surface area contributed by atoms with Crippen LogP contribution in [0.25, 0.3) is 0 Å². The first-order chi connectivity index (χ1) is 15.4. The maximum absolute atomic E-state index is 13.6. The third kappa shape index (κ3) is 3.63. The Labute approximate surface area is 199 Å². The zero-order chi connectivity index (χ0) is 23.0. The van der Waals surface area contributed by atoms with E-state index in [0.29, 0.717) is 28.8 Å². The van der Waals surface area contributed by atoms with E-state index in [1.54, 1.807) is 14.2 Å². The predicted octanol–water partition coefficient (Wildman–Crippen LogP) is 5.98. The fraction of sp³-hybridized carbons (Fsp3) is 0.440. The molecule has 2 aliphatic rings. The summed E-state index contributed by atoms with van der Waals surface area (Å²) in [6, 6.07) is 13.7. The minimum atomic E-state index is -0.672. The van der Waals surface area contributed by atoms with Crippen molar-refractivity contribution in [3.05, 3.63) is 63.6 Å². The smallest absolute Gasteiger partial charge is 0.348 e. The monoisotopic (exact) mass is 469 g/mol. The van der Waals surface area contributed by atoms with Crippen molar-refractivity contribution in [3.8, 4) is 11.7 Å². The summed E-state index contributed by atoms with van der Waals surface area (Å²) in [6.45, 7) is 1.73. The van der Waals surface area contributed by atoms with Crippen LogP contribution in [0, 0.1) is 22.6 Å². The van der Waals surface area contributed by atoms with Crippen molar-refractivity contribution in [1.82, 2.24) is 0 Å². The van der Waals surface area contributed by atoms with E-state index in [1.807, 2.05) is 49.4 Å². The highest BCUT2D eigenvalue weighted by Crippen LogP contribution is 2.64. The number of carbonyl (C=O) groups is 1. The van der Waals surface area contributed by atoms with Crippen LogP contribution in [-0.4, -0.2) is 33.2 Å². The molecule has 5 unspecified atom stereocenters. The number of halogens is 2. The van der Waals surface area contributed by atoms with Gasteiger partial charge in [-0.1, -0.05) is 48.3 Å². The number of rotatable bonds is 5. The summed E-state index contributed by atoms with van der Waals surface area (Å²) in [5.74, 6) is 2.96. The summed E-state index contributed by atoms with van der Waals surface area (Å²) in [5, 5.41) is 11.2. The van der Waals surface area contributed by atoms with E-state index in [-0.39, 0.29) is 29.3 Å². The molecule has 2 aromatic rings. The van der Waals surface area contributed by atoms with Gasteiger partial charge in [-0.3, -0.25) is 0 Å². The van der Waals surface area contributed by atoms with Crippen molar-refractivity contribution in [2.75, 3.05) is 20.8 Å². The minimum absolute atomic E-state index is 0.000591. The molecular weight excluding hydrogens is 444 g/mol. The number of hydrogen-bond acceptors (Lipinski definition) is 4. The largest absolute Gasteiger partial charge is 0.497 e. The SMILES string of the molecule is COCC12CCC(c3ccc(OC)cc3Cl)C(c3ccc(Cl)cc3)C1C(C)B(C#N)C2=O. The summed E-state index contributed by atoms with van der Waals surface area (Å²) in [4.78, 5) is 13.6. The lowest BCUT2D eigenvalue weighted by Gasteiger charge is -2.49. The summed E-state index contributed by atoms with van der Waals surface area (Å²) in [6.07, 6.45) is 1.44. The van der Waals surface area contributed by atoms with Crippen molar-refractivity contribution >= 4 is 35.6 Å². The van der Waals surface area contributed by atoms with Gasteiger partial charge in [-0.25, -0.2) is 5.26 Å². The number of fused-ring (bicyclic) bond motifs is 1. The average Bonchev–Trinajstić information content (AvgIpc) is 3.00. The molecular formula is C25H26BCl2NO3. The van der Waals surface area contributed by atoms with Gasteiger partial charge < -0.3 is 14.3 Å². The van der Waals surface area contributed by atoms with Gasteiger partial charge in [0.25, 0.3) is 0 Å². The molecule has 1 saturated heterocycles. The first-order valence-electron chi connectivity index (χ1n) is 10.9. The van der Waals surface area contributed by atoms with Gasteiger partial charge in [0.15, 0.2) is 0 Å². The molecule has 1 heterocycles. The molecule has 0 N–H and O–H groups in total. The highest BCUT2D eigenvalue weighted by atomic mass is 35.5. The maximum atomic E-state index is 13.6. The van der Waals surface area contributed by atoms with Gasteiger partial charge in [0.05, 0.1) is 13.7 Å². The van der Waals surface area contributed by atoms with Gasteiger partial charge in [-0.2, -0.15) is 0 Å². The normalized spacial score (nSPS) is 29.5. The van der Waals surface area contributed by atoms with Crippen LogP contribution in [0.3, 0.4) is 0 Å². The Hall–Kier alpha value is -2.00. The minimum Gasteiger partial charge on any atom is -0.497 e. The second kappa shape index (κ2) is 9.10. The Kier molecular flexibility index (Phi) is 6.59. The Bertz CT molecular complexity index is 1050. The number of carbonyl (C=O) groups excluding carboxylic acids is 1. The maximum Gasteiger partial charge on any atom is 0.348 e. The Morgan fingerprint density at radius 3 is 2.50 bits per heavy atom. The molecule has 0 aromatic heterocycles. The van der Waals surface area contributed by atoms with Crippen molar-refractivity contribution in [2.24, 2.45) is 11.3 Å². The Balaban J connectivity index is 1.89. The van der Waals surface area contributed by atoms with Crippen LogP contribution in [0.2, 0.25) is 15.9 Å². The lowest BCUT2D eigenvalue weighted by atomic mass is 9.42. The fourth-order valence-electron chi connectivity index (χ4n) is 6.31. The first-order valence-corrected chi connectivity index (χ1v) is 11.6. The van der Waals surface area contributed by atoms with Crippen molar-refractivity contribution in [3.63, 3.8) is 0 Å². The molecule has 1 aliphatic carbocycles. The van der Waals surface area contributed by atoms with Gasteiger partial charge in [0.1, 0.15) is 11.4 Å². The van der Waals surface area contributed by atoms with Gasteiger partial charge in [0.2, 0.25) is 0 Å².